The smallest absolute Gasteiger partial charge is 0.188 e. The molecule has 0 aromatic heterocycles. The van der Waals surface area contributed by atoms with Gasteiger partial charge in [-0.2, -0.15) is 0 Å². The highest BCUT2D eigenvalue weighted by Crippen LogP contribution is 2.01. The fourth-order valence-corrected chi connectivity index (χ4v) is 1.76. The number of hydrogen-bond donors (Lipinski definition) is 2. The van der Waals surface area contributed by atoms with Crippen LogP contribution < -0.4 is 11.1 Å². The van der Waals surface area contributed by atoms with E-state index in [1.807, 2.05) is 6.07 Å². The maximum Gasteiger partial charge on any atom is 0.188 e. The van der Waals surface area contributed by atoms with Crippen LogP contribution in [0.15, 0.2) is 35.3 Å². The Morgan fingerprint density at radius 3 is 2.65 bits per heavy atom. The van der Waals surface area contributed by atoms with Gasteiger partial charge in [-0.1, -0.05) is 43.7 Å². The Hall–Kier alpha value is -0.820. The predicted molar refractivity (Wildman–Crippen MR) is 97.6 cm³/mol. The van der Waals surface area contributed by atoms with Crippen LogP contribution in [0.2, 0.25) is 0 Å². The van der Waals surface area contributed by atoms with Crippen molar-refractivity contribution in [2.75, 3.05) is 26.7 Å². The minimum Gasteiger partial charge on any atom is -0.370 e. The maximum absolute atomic E-state index is 5.77. The van der Waals surface area contributed by atoms with Gasteiger partial charge < -0.3 is 16.0 Å². The Bertz CT molecular complexity index is 367. The number of benzene rings is 1. The Balaban J connectivity index is 0.00000361. The molecule has 114 valence electrons. The molecule has 0 spiro atoms. The van der Waals surface area contributed by atoms with Gasteiger partial charge in [0, 0.05) is 26.2 Å². The number of guanidine groups is 1. The Morgan fingerprint density at radius 1 is 1.30 bits per heavy atom. The van der Waals surface area contributed by atoms with Gasteiger partial charge in [0.15, 0.2) is 5.96 Å². The van der Waals surface area contributed by atoms with Crippen molar-refractivity contribution in [1.29, 1.82) is 0 Å². The summed E-state index contributed by atoms with van der Waals surface area (Å²) in [6.45, 7) is 5.69. The number of unbranched alkanes of at least 4 members (excludes halogenated alkanes) is 1. The number of aliphatic imine (C=N–C) groups is 1. The molecule has 0 saturated heterocycles. The lowest BCUT2D eigenvalue weighted by atomic mass is 10.2. The van der Waals surface area contributed by atoms with Gasteiger partial charge in [-0.25, -0.2) is 0 Å². The van der Waals surface area contributed by atoms with Crippen molar-refractivity contribution < 1.29 is 0 Å². The van der Waals surface area contributed by atoms with Crippen molar-refractivity contribution >= 4 is 29.9 Å². The molecule has 0 amide bonds. The summed E-state index contributed by atoms with van der Waals surface area (Å²) in [5.74, 6) is 0.557. The average molecular weight is 390 g/mol. The highest BCUT2D eigenvalue weighted by molar-refractivity contribution is 14.0. The Morgan fingerprint density at radius 2 is 2.00 bits per heavy atom. The lowest BCUT2D eigenvalue weighted by Gasteiger charge is -2.17. The van der Waals surface area contributed by atoms with Gasteiger partial charge in [0.2, 0.25) is 0 Å². The van der Waals surface area contributed by atoms with Crippen LogP contribution in [0.25, 0.3) is 0 Å². The number of nitrogens with two attached hydrogens (primary N) is 1. The first-order chi connectivity index (χ1) is 9.22. The second-order valence-electron chi connectivity index (χ2n) is 4.77. The van der Waals surface area contributed by atoms with Crippen LogP contribution in [0.4, 0.5) is 0 Å². The van der Waals surface area contributed by atoms with E-state index in [-0.39, 0.29) is 24.0 Å². The standard InChI is InChI=1S/C15H26N4.HI/c1-3-4-10-17-15(16)18-11-12-19(2)13-14-8-6-5-7-9-14;/h5-9H,3-4,10-13H2,1-2H3,(H3,16,17,18);1H. The largest absolute Gasteiger partial charge is 0.370 e. The highest BCUT2D eigenvalue weighted by Gasteiger charge is 1.99. The minimum atomic E-state index is 0. The van der Waals surface area contributed by atoms with Crippen LogP contribution in [-0.2, 0) is 6.54 Å². The number of rotatable bonds is 8. The van der Waals surface area contributed by atoms with Crippen molar-refractivity contribution in [3.05, 3.63) is 35.9 Å². The SMILES string of the molecule is CCCCN=C(N)NCCN(C)Cc1ccccc1.I. The summed E-state index contributed by atoms with van der Waals surface area (Å²) in [5.41, 5.74) is 7.10. The fraction of sp³-hybridized carbons (Fsp3) is 0.533. The molecule has 0 bridgehead atoms. The average Bonchev–Trinajstić information content (AvgIpc) is 2.40. The first kappa shape index (κ1) is 19.2. The van der Waals surface area contributed by atoms with Gasteiger partial charge >= 0.3 is 0 Å². The summed E-state index contributed by atoms with van der Waals surface area (Å²) in [6.07, 6.45) is 2.24. The Labute approximate surface area is 139 Å². The molecular formula is C15H27IN4. The second-order valence-corrected chi connectivity index (χ2v) is 4.77. The number of halogens is 1. The zero-order valence-electron chi connectivity index (χ0n) is 12.5. The molecule has 1 aromatic rings. The van der Waals surface area contributed by atoms with Crippen molar-refractivity contribution in [3.8, 4) is 0 Å². The third kappa shape index (κ3) is 9.14. The zero-order valence-corrected chi connectivity index (χ0v) is 14.8. The van der Waals surface area contributed by atoms with Crippen molar-refractivity contribution in [2.45, 2.75) is 26.3 Å². The summed E-state index contributed by atoms with van der Waals surface area (Å²) in [6, 6.07) is 10.5. The van der Waals surface area contributed by atoms with E-state index in [1.165, 1.54) is 5.56 Å². The van der Waals surface area contributed by atoms with Crippen molar-refractivity contribution in [2.24, 2.45) is 10.7 Å². The molecule has 0 fully saturated rings. The van der Waals surface area contributed by atoms with Gasteiger partial charge in [-0.3, -0.25) is 4.99 Å². The minimum absolute atomic E-state index is 0. The van der Waals surface area contributed by atoms with E-state index < -0.39 is 0 Å². The third-order valence-corrected chi connectivity index (χ3v) is 2.89. The van der Waals surface area contributed by atoms with E-state index in [0.29, 0.717) is 5.96 Å². The molecule has 4 nitrogen and oxygen atoms in total. The maximum atomic E-state index is 5.77. The van der Waals surface area contributed by atoms with E-state index in [2.05, 4.69) is 53.4 Å². The predicted octanol–water partition coefficient (Wildman–Crippen LogP) is 2.44. The molecule has 0 radical (unpaired) electrons. The summed E-state index contributed by atoms with van der Waals surface area (Å²) in [4.78, 5) is 6.53. The highest BCUT2D eigenvalue weighted by atomic mass is 127. The van der Waals surface area contributed by atoms with Gasteiger partial charge in [0.25, 0.3) is 0 Å². The molecule has 0 atom stereocenters. The third-order valence-electron chi connectivity index (χ3n) is 2.89. The first-order valence-electron chi connectivity index (χ1n) is 6.98. The first-order valence-corrected chi connectivity index (χ1v) is 6.98. The lowest BCUT2D eigenvalue weighted by molar-refractivity contribution is 0.331. The van der Waals surface area contributed by atoms with E-state index in [9.17, 15) is 0 Å². The van der Waals surface area contributed by atoms with Crippen LogP contribution in [0.1, 0.15) is 25.3 Å². The van der Waals surface area contributed by atoms with Gasteiger partial charge in [-0.05, 0) is 19.0 Å². The van der Waals surface area contributed by atoms with Crippen molar-refractivity contribution in [3.63, 3.8) is 0 Å². The second kappa shape index (κ2) is 12.0. The zero-order chi connectivity index (χ0) is 13.9. The quantitative estimate of drug-likeness (QED) is 0.310. The molecular weight excluding hydrogens is 363 g/mol. The van der Waals surface area contributed by atoms with Crippen LogP contribution in [0.3, 0.4) is 0 Å². The lowest BCUT2D eigenvalue weighted by Crippen LogP contribution is -2.37. The molecule has 0 unspecified atom stereocenters. The van der Waals surface area contributed by atoms with E-state index in [0.717, 1.165) is 39.0 Å². The van der Waals surface area contributed by atoms with Crippen LogP contribution in [-0.4, -0.2) is 37.5 Å². The monoisotopic (exact) mass is 390 g/mol. The fourth-order valence-electron chi connectivity index (χ4n) is 1.76. The summed E-state index contributed by atoms with van der Waals surface area (Å²) in [5, 5.41) is 3.14. The molecule has 0 heterocycles. The van der Waals surface area contributed by atoms with Crippen LogP contribution >= 0.6 is 24.0 Å². The molecule has 20 heavy (non-hydrogen) atoms. The molecule has 0 aliphatic heterocycles. The normalized spacial score (nSPS) is 11.2. The topological polar surface area (TPSA) is 53.6 Å². The molecule has 1 aromatic carbocycles. The Kier molecular flexibility index (Phi) is 11.5. The molecule has 3 N–H and O–H groups in total. The van der Waals surface area contributed by atoms with Gasteiger partial charge in [0.1, 0.15) is 0 Å². The molecule has 0 aliphatic carbocycles. The van der Waals surface area contributed by atoms with E-state index in [1.54, 1.807) is 0 Å². The van der Waals surface area contributed by atoms with Gasteiger partial charge in [0.05, 0.1) is 0 Å². The number of nitrogens with one attached hydrogen (secondary N) is 1. The number of likely N-dealkylation sites (N-methyl/N-ethyl adjacent to an activating group) is 1. The van der Waals surface area contributed by atoms with Crippen molar-refractivity contribution in [1.82, 2.24) is 10.2 Å². The van der Waals surface area contributed by atoms with E-state index in [4.69, 9.17) is 5.73 Å². The summed E-state index contributed by atoms with van der Waals surface area (Å²) >= 11 is 0. The van der Waals surface area contributed by atoms with E-state index >= 15 is 0 Å². The molecule has 1 rings (SSSR count). The summed E-state index contributed by atoms with van der Waals surface area (Å²) in [7, 11) is 2.11. The number of hydrogen-bond acceptors (Lipinski definition) is 2. The van der Waals surface area contributed by atoms with Crippen LogP contribution in [0, 0.1) is 0 Å². The molecule has 0 saturated carbocycles. The molecule has 5 heteroatoms. The van der Waals surface area contributed by atoms with Gasteiger partial charge in [-0.15, -0.1) is 24.0 Å². The van der Waals surface area contributed by atoms with Crippen LogP contribution in [0.5, 0.6) is 0 Å². The molecule has 0 aliphatic rings. The number of nitrogens with zero attached hydrogens (tertiary/aromatic N) is 2. The summed E-state index contributed by atoms with van der Waals surface area (Å²) < 4.78 is 0.